The van der Waals surface area contributed by atoms with E-state index in [-0.39, 0.29) is 5.91 Å². The summed E-state index contributed by atoms with van der Waals surface area (Å²) in [4.78, 5) is 13.8. The lowest BCUT2D eigenvalue weighted by Crippen LogP contribution is -2.31. The molecule has 0 fully saturated rings. The van der Waals surface area contributed by atoms with Gasteiger partial charge in [-0.05, 0) is 32.4 Å². The Labute approximate surface area is 101 Å². The lowest BCUT2D eigenvalue weighted by atomic mass is 10.2. The molecule has 0 saturated heterocycles. The summed E-state index contributed by atoms with van der Waals surface area (Å²) in [6.45, 7) is 5.02. The number of hydrogen-bond acceptors (Lipinski definition) is 3. The molecule has 1 heterocycles. The van der Waals surface area contributed by atoms with Gasteiger partial charge in [-0.25, -0.2) is 0 Å². The van der Waals surface area contributed by atoms with Crippen LogP contribution in [0.25, 0.3) is 0 Å². The normalized spacial score (nSPS) is 12.4. The van der Waals surface area contributed by atoms with Crippen molar-refractivity contribution < 1.29 is 4.79 Å². The maximum absolute atomic E-state index is 11.0. The van der Waals surface area contributed by atoms with E-state index in [2.05, 4.69) is 36.6 Å². The standard InChI is InChI=1S/C12H20N2OS/c1-9(14-7-6-12(15)13-3)8-11-5-4-10(2)16-11/h4-5,9,14H,6-8H2,1-3H3,(H,13,15). The minimum atomic E-state index is 0.0895. The quantitative estimate of drug-likeness (QED) is 0.795. The maximum Gasteiger partial charge on any atom is 0.221 e. The van der Waals surface area contributed by atoms with Crippen LogP contribution in [0, 0.1) is 6.92 Å². The van der Waals surface area contributed by atoms with Gasteiger partial charge < -0.3 is 10.6 Å². The molecule has 90 valence electrons. The van der Waals surface area contributed by atoms with E-state index in [1.807, 2.05) is 11.3 Å². The smallest absolute Gasteiger partial charge is 0.221 e. The SMILES string of the molecule is CNC(=O)CCNC(C)Cc1ccc(C)s1. The van der Waals surface area contributed by atoms with Crippen LogP contribution in [0.4, 0.5) is 0 Å². The zero-order valence-electron chi connectivity index (χ0n) is 10.2. The van der Waals surface area contributed by atoms with Crippen LogP contribution in [0.15, 0.2) is 12.1 Å². The van der Waals surface area contributed by atoms with Crippen LogP contribution >= 0.6 is 11.3 Å². The molecule has 1 rings (SSSR count). The van der Waals surface area contributed by atoms with Crippen molar-refractivity contribution in [2.45, 2.75) is 32.7 Å². The second-order valence-corrected chi connectivity index (χ2v) is 5.37. The molecule has 1 aromatic heterocycles. The van der Waals surface area contributed by atoms with Crippen molar-refractivity contribution in [3.63, 3.8) is 0 Å². The van der Waals surface area contributed by atoms with Crippen LogP contribution in [0.1, 0.15) is 23.1 Å². The molecular formula is C12H20N2OS. The van der Waals surface area contributed by atoms with E-state index in [9.17, 15) is 4.79 Å². The molecule has 1 aromatic rings. The van der Waals surface area contributed by atoms with E-state index in [1.54, 1.807) is 7.05 Å². The summed E-state index contributed by atoms with van der Waals surface area (Å²) in [6.07, 6.45) is 1.58. The van der Waals surface area contributed by atoms with E-state index < -0.39 is 0 Å². The molecule has 0 bridgehead atoms. The summed E-state index contributed by atoms with van der Waals surface area (Å²) in [7, 11) is 1.67. The Morgan fingerprint density at radius 1 is 1.50 bits per heavy atom. The zero-order chi connectivity index (χ0) is 12.0. The van der Waals surface area contributed by atoms with Gasteiger partial charge in [0.05, 0.1) is 0 Å². The molecule has 0 aliphatic rings. The summed E-state index contributed by atoms with van der Waals surface area (Å²) in [5, 5.41) is 5.97. The van der Waals surface area contributed by atoms with E-state index in [0.29, 0.717) is 12.5 Å². The van der Waals surface area contributed by atoms with E-state index in [4.69, 9.17) is 0 Å². The van der Waals surface area contributed by atoms with Gasteiger partial charge in [0.15, 0.2) is 0 Å². The van der Waals surface area contributed by atoms with Crippen molar-refractivity contribution >= 4 is 17.2 Å². The molecule has 0 saturated carbocycles. The summed E-state index contributed by atoms with van der Waals surface area (Å²) in [5.74, 6) is 0.0895. The molecule has 1 unspecified atom stereocenters. The minimum absolute atomic E-state index is 0.0895. The second-order valence-electron chi connectivity index (χ2n) is 3.99. The average Bonchev–Trinajstić information content (AvgIpc) is 2.63. The summed E-state index contributed by atoms with van der Waals surface area (Å²) in [6, 6.07) is 4.75. The Bertz CT molecular complexity index is 336. The fourth-order valence-corrected chi connectivity index (χ4v) is 2.54. The van der Waals surface area contributed by atoms with Crippen LogP contribution in [-0.2, 0) is 11.2 Å². The number of rotatable bonds is 6. The molecule has 0 aromatic carbocycles. The van der Waals surface area contributed by atoms with Gasteiger partial charge in [-0.15, -0.1) is 11.3 Å². The molecule has 0 spiro atoms. The number of thiophene rings is 1. The first kappa shape index (κ1) is 13.2. The molecular weight excluding hydrogens is 220 g/mol. The highest BCUT2D eigenvalue weighted by molar-refractivity contribution is 7.11. The van der Waals surface area contributed by atoms with Crippen molar-refractivity contribution in [2.24, 2.45) is 0 Å². The highest BCUT2D eigenvalue weighted by Crippen LogP contribution is 2.16. The fourth-order valence-electron chi connectivity index (χ4n) is 1.53. The summed E-state index contributed by atoms with van der Waals surface area (Å²) < 4.78 is 0. The van der Waals surface area contributed by atoms with Crippen molar-refractivity contribution in [1.82, 2.24) is 10.6 Å². The van der Waals surface area contributed by atoms with Crippen LogP contribution in [0.2, 0.25) is 0 Å². The monoisotopic (exact) mass is 240 g/mol. The van der Waals surface area contributed by atoms with Gasteiger partial charge in [0.25, 0.3) is 0 Å². The third-order valence-corrected chi connectivity index (χ3v) is 3.45. The number of aryl methyl sites for hydroxylation is 1. The molecule has 1 atom stereocenters. The van der Waals surface area contributed by atoms with Crippen molar-refractivity contribution in [3.05, 3.63) is 21.9 Å². The van der Waals surface area contributed by atoms with Crippen molar-refractivity contribution in [1.29, 1.82) is 0 Å². The lowest BCUT2D eigenvalue weighted by molar-refractivity contribution is -0.120. The number of nitrogens with one attached hydrogen (secondary N) is 2. The van der Waals surface area contributed by atoms with E-state index in [0.717, 1.165) is 13.0 Å². The number of carbonyl (C=O) groups excluding carboxylic acids is 1. The molecule has 0 radical (unpaired) electrons. The number of hydrogen-bond donors (Lipinski definition) is 2. The van der Waals surface area contributed by atoms with E-state index >= 15 is 0 Å². The van der Waals surface area contributed by atoms with Crippen LogP contribution < -0.4 is 10.6 Å². The highest BCUT2D eigenvalue weighted by atomic mass is 32.1. The van der Waals surface area contributed by atoms with E-state index in [1.165, 1.54) is 9.75 Å². The van der Waals surface area contributed by atoms with Crippen molar-refractivity contribution in [3.8, 4) is 0 Å². The highest BCUT2D eigenvalue weighted by Gasteiger charge is 2.05. The zero-order valence-corrected chi connectivity index (χ0v) is 11.0. The Morgan fingerprint density at radius 3 is 2.81 bits per heavy atom. The predicted octanol–water partition coefficient (Wildman–Crippen LogP) is 1.71. The molecule has 2 N–H and O–H groups in total. The van der Waals surface area contributed by atoms with Gasteiger partial charge in [-0.1, -0.05) is 0 Å². The average molecular weight is 240 g/mol. The topological polar surface area (TPSA) is 41.1 Å². The van der Waals surface area contributed by atoms with Gasteiger partial charge in [-0.3, -0.25) is 4.79 Å². The Morgan fingerprint density at radius 2 is 2.25 bits per heavy atom. The minimum Gasteiger partial charge on any atom is -0.359 e. The first-order valence-electron chi connectivity index (χ1n) is 5.61. The first-order chi connectivity index (χ1) is 7.61. The number of carbonyl (C=O) groups is 1. The summed E-state index contributed by atoms with van der Waals surface area (Å²) in [5.41, 5.74) is 0. The lowest BCUT2D eigenvalue weighted by Gasteiger charge is -2.12. The van der Waals surface area contributed by atoms with Crippen LogP contribution in [0.3, 0.4) is 0 Å². The Balaban J connectivity index is 2.20. The molecule has 0 aliphatic carbocycles. The predicted molar refractivity (Wildman–Crippen MR) is 68.9 cm³/mol. The van der Waals surface area contributed by atoms with Gasteiger partial charge in [0.2, 0.25) is 5.91 Å². The van der Waals surface area contributed by atoms with Crippen molar-refractivity contribution in [2.75, 3.05) is 13.6 Å². The van der Waals surface area contributed by atoms with Gasteiger partial charge in [-0.2, -0.15) is 0 Å². The molecule has 4 heteroatoms. The molecule has 16 heavy (non-hydrogen) atoms. The summed E-state index contributed by atoms with van der Waals surface area (Å²) >= 11 is 1.84. The van der Waals surface area contributed by atoms with Crippen LogP contribution in [-0.4, -0.2) is 25.5 Å². The Kier molecular flexibility index (Phi) is 5.49. The van der Waals surface area contributed by atoms with Gasteiger partial charge in [0, 0.05) is 35.8 Å². The number of amides is 1. The molecule has 3 nitrogen and oxygen atoms in total. The molecule has 1 amide bonds. The molecule has 0 aliphatic heterocycles. The second kappa shape index (κ2) is 6.66. The maximum atomic E-state index is 11.0. The largest absolute Gasteiger partial charge is 0.359 e. The third kappa shape index (κ3) is 4.77. The van der Waals surface area contributed by atoms with Gasteiger partial charge >= 0.3 is 0 Å². The van der Waals surface area contributed by atoms with Gasteiger partial charge in [0.1, 0.15) is 0 Å². The van der Waals surface area contributed by atoms with Crippen LogP contribution in [0.5, 0.6) is 0 Å². The Hall–Kier alpha value is -0.870. The third-order valence-electron chi connectivity index (χ3n) is 2.43. The first-order valence-corrected chi connectivity index (χ1v) is 6.42. The fraction of sp³-hybridized carbons (Fsp3) is 0.583.